The maximum Gasteiger partial charge on any atom is 0.124 e. The number of hydrogen-bond donors (Lipinski definition) is 1. The van der Waals surface area contributed by atoms with Crippen molar-refractivity contribution in [2.45, 2.75) is 51.7 Å². The van der Waals surface area contributed by atoms with Gasteiger partial charge in [-0.15, -0.1) is 0 Å². The van der Waals surface area contributed by atoms with Crippen molar-refractivity contribution in [2.24, 2.45) is 11.7 Å². The zero-order chi connectivity index (χ0) is 13.3. The van der Waals surface area contributed by atoms with Crippen LogP contribution in [-0.4, -0.2) is 5.60 Å². The van der Waals surface area contributed by atoms with E-state index in [0.717, 1.165) is 28.6 Å². The molecule has 0 radical (unpaired) electrons. The van der Waals surface area contributed by atoms with Gasteiger partial charge in [-0.2, -0.15) is 0 Å². The molecule has 1 aliphatic rings. The number of hydrogen-bond acceptors (Lipinski definition) is 2. The van der Waals surface area contributed by atoms with E-state index in [-0.39, 0.29) is 11.6 Å². The highest BCUT2D eigenvalue weighted by molar-refractivity contribution is 9.10. The predicted molar refractivity (Wildman–Crippen MR) is 78.8 cm³/mol. The van der Waals surface area contributed by atoms with Crippen molar-refractivity contribution in [3.63, 3.8) is 0 Å². The van der Waals surface area contributed by atoms with Crippen LogP contribution in [0.5, 0.6) is 5.75 Å². The first kappa shape index (κ1) is 13.9. The van der Waals surface area contributed by atoms with Crippen LogP contribution >= 0.6 is 15.9 Å². The molecule has 100 valence electrons. The van der Waals surface area contributed by atoms with Gasteiger partial charge >= 0.3 is 0 Å². The van der Waals surface area contributed by atoms with Crippen molar-refractivity contribution in [1.29, 1.82) is 0 Å². The molecule has 2 atom stereocenters. The van der Waals surface area contributed by atoms with Crippen molar-refractivity contribution in [2.75, 3.05) is 0 Å². The zero-order valence-corrected chi connectivity index (χ0v) is 13.0. The fourth-order valence-corrected chi connectivity index (χ4v) is 2.91. The highest BCUT2D eigenvalue weighted by atomic mass is 79.9. The van der Waals surface area contributed by atoms with E-state index >= 15 is 0 Å². The molecule has 0 saturated carbocycles. The molecule has 0 aromatic heterocycles. The van der Waals surface area contributed by atoms with Crippen LogP contribution in [0.15, 0.2) is 22.7 Å². The van der Waals surface area contributed by atoms with E-state index in [1.165, 1.54) is 6.42 Å². The maximum atomic E-state index is 6.30. The van der Waals surface area contributed by atoms with Crippen LogP contribution < -0.4 is 10.5 Å². The Labute approximate surface area is 118 Å². The molecule has 1 aromatic carbocycles. The van der Waals surface area contributed by atoms with Crippen LogP contribution in [0.2, 0.25) is 0 Å². The average Bonchev–Trinajstić information content (AvgIpc) is 2.28. The third kappa shape index (κ3) is 3.07. The quantitative estimate of drug-likeness (QED) is 0.896. The molecule has 0 fully saturated rings. The summed E-state index contributed by atoms with van der Waals surface area (Å²) in [6.07, 6.45) is 3.13. The number of benzene rings is 1. The molecule has 2 rings (SSSR count). The molecular formula is C15H22BrNO. The highest BCUT2D eigenvalue weighted by Gasteiger charge is 2.35. The van der Waals surface area contributed by atoms with Gasteiger partial charge in [0.25, 0.3) is 0 Å². The second kappa shape index (κ2) is 5.22. The Hall–Kier alpha value is -0.540. The first-order valence-electron chi connectivity index (χ1n) is 6.64. The van der Waals surface area contributed by atoms with Gasteiger partial charge in [0.05, 0.1) is 0 Å². The van der Waals surface area contributed by atoms with Gasteiger partial charge in [-0.1, -0.05) is 29.8 Å². The summed E-state index contributed by atoms with van der Waals surface area (Å²) in [4.78, 5) is 0. The Kier molecular flexibility index (Phi) is 4.02. The molecule has 3 heteroatoms. The number of ether oxygens (including phenoxy) is 1. The lowest BCUT2D eigenvalue weighted by Gasteiger charge is -2.39. The fourth-order valence-electron chi connectivity index (χ4n) is 2.53. The molecule has 0 aliphatic carbocycles. The smallest absolute Gasteiger partial charge is 0.124 e. The molecule has 0 spiro atoms. The van der Waals surface area contributed by atoms with Crippen molar-refractivity contribution in [3.8, 4) is 5.75 Å². The average molecular weight is 312 g/mol. The van der Waals surface area contributed by atoms with Crippen LogP contribution in [0.1, 0.15) is 51.6 Å². The summed E-state index contributed by atoms with van der Waals surface area (Å²) in [6, 6.07) is 6.18. The summed E-state index contributed by atoms with van der Waals surface area (Å²) in [5.74, 6) is 1.65. The first-order chi connectivity index (χ1) is 8.39. The molecule has 0 bridgehead atoms. The minimum absolute atomic E-state index is 0.0726. The van der Waals surface area contributed by atoms with Crippen molar-refractivity contribution < 1.29 is 4.74 Å². The van der Waals surface area contributed by atoms with E-state index < -0.39 is 0 Å². The minimum atomic E-state index is -0.121. The van der Waals surface area contributed by atoms with Gasteiger partial charge in [0.2, 0.25) is 0 Å². The van der Waals surface area contributed by atoms with Crippen LogP contribution in [-0.2, 0) is 0 Å². The van der Waals surface area contributed by atoms with Crippen LogP contribution in [0, 0.1) is 5.92 Å². The number of halogens is 1. The summed E-state index contributed by atoms with van der Waals surface area (Å²) >= 11 is 3.49. The molecular weight excluding hydrogens is 290 g/mol. The van der Waals surface area contributed by atoms with E-state index in [4.69, 9.17) is 10.5 Å². The molecule has 1 aromatic rings. The van der Waals surface area contributed by atoms with Gasteiger partial charge in [-0.25, -0.2) is 0 Å². The number of nitrogens with two attached hydrogens (primary N) is 1. The molecule has 2 nitrogen and oxygen atoms in total. The predicted octanol–water partition coefficient (Wildman–Crippen LogP) is 4.43. The second-order valence-electron chi connectivity index (χ2n) is 5.98. The van der Waals surface area contributed by atoms with Gasteiger partial charge in [-0.3, -0.25) is 0 Å². The molecule has 1 heterocycles. The standard InChI is InChI=1S/C15H22BrNO/c1-10(2)6-7-15(3)9-13(17)12-8-11(16)4-5-14(12)18-15/h4-5,8,10,13H,6-7,9,17H2,1-3H3/t13-,15?/m1/s1. The second-order valence-corrected chi connectivity index (χ2v) is 6.89. The number of rotatable bonds is 3. The van der Waals surface area contributed by atoms with Crippen LogP contribution in [0.25, 0.3) is 0 Å². The molecule has 2 N–H and O–H groups in total. The highest BCUT2D eigenvalue weighted by Crippen LogP contribution is 2.41. The third-order valence-corrected chi connectivity index (χ3v) is 4.12. The fraction of sp³-hybridized carbons (Fsp3) is 0.600. The summed E-state index contributed by atoms with van der Waals surface area (Å²) in [5.41, 5.74) is 7.29. The molecule has 0 amide bonds. The Balaban J connectivity index is 2.19. The summed E-state index contributed by atoms with van der Waals surface area (Å²) in [5, 5.41) is 0. The van der Waals surface area contributed by atoms with E-state index in [1.54, 1.807) is 0 Å². The Morgan fingerprint density at radius 2 is 2.22 bits per heavy atom. The Morgan fingerprint density at radius 3 is 2.89 bits per heavy atom. The van der Waals surface area contributed by atoms with Crippen molar-refractivity contribution >= 4 is 15.9 Å². The zero-order valence-electron chi connectivity index (χ0n) is 11.4. The lowest BCUT2D eigenvalue weighted by Crippen LogP contribution is -2.40. The topological polar surface area (TPSA) is 35.2 Å². The molecule has 1 aliphatic heterocycles. The summed E-state index contributed by atoms with van der Waals surface area (Å²) in [7, 11) is 0. The van der Waals surface area contributed by atoms with Crippen molar-refractivity contribution in [1.82, 2.24) is 0 Å². The molecule has 18 heavy (non-hydrogen) atoms. The lowest BCUT2D eigenvalue weighted by molar-refractivity contribution is 0.0404. The van der Waals surface area contributed by atoms with Gasteiger partial charge in [0.15, 0.2) is 0 Å². The van der Waals surface area contributed by atoms with E-state index in [1.807, 2.05) is 12.1 Å². The summed E-state index contributed by atoms with van der Waals surface area (Å²) < 4.78 is 7.26. The SMILES string of the molecule is CC(C)CCC1(C)C[C@@H](N)c2cc(Br)ccc2O1. The normalized spacial score (nSPS) is 26.9. The lowest BCUT2D eigenvalue weighted by atomic mass is 9.84. The molecule has 0 saturated heterocycles. The van der Waals surface area contributed by atoms with Gasteiger partial charge < -0.3 is 10.5 Å². The molecule has 1 unspecified atom stereocenters. The van der Waals surface area contributed by atoms with E-state index in [0.29, 0.717) is 5.92 Å². The Morgan fingerprint density at radius 1 is 1.50 bits per heavy atom. The monoisotopic (exact) mass is 311 g/mol. The maximum absolute atomic E-state index is 6.30. The number of fused-ring (bicyclic) bond motifs is 1. The van der Waals surface area contributed by atoms with Gasteiger partial charge in [-0.05, 0) is 43.9 Å². The Bertz CT molecular complexity index is 433. The first-order valence-corrected chi connectivity index (χ1v) is 7.43. The largest absolute Gasteiger partial charge is 0.487 e. The van der Waals surface area contributed by atoms with Gasteiger partial charge in [0, 0.05) is 22.5 Å². The van der Waals surface area contributed by atoms with E-state index in [2.05, 4.69) is 42.8 Å². The van der Waals surface area contributed by atoms with E-state index in [9.17, 15) is 0 Å². The third-order valence-electron chi connectivity index (χ3n) is 3.63. The van der Waals surface area contributed by atoms with Gasteiger partial charge in [0.1, 0.15) is 11.4 Å². The van der Waals surface area contributed by atoms with Crippen LogP contribution in [0.4, 0.5) is 0 Å². The van der Waals surface area contributed by atoms with Crippen molar-refractivity contribution in [3.05, 3.63) is 28.2 Å². The summed E-state index contributed by atoms with van der Waals surface area (Å²) in [6.45, 7) is 6.68. The van der Waals surface area contributed by atoms with Crippen LogP contribution in [0.3, 0.4) is 0 Å². The minimum Gasteiger partial charge on any atom is -0.487 e.